The summed E-state index contributed by atoms with van der Waals surface area (Å²) in [6.45, 7) is 1.89. The predicted octanol–water partition coefficient (Wildman–Crippen LogP) is 2.65. The zero-order valence-electron chi connectivity index (χ0n) is 8.38. The van der Waals surface area contributed by atoms with Crippen LogP contribution < -0.4 is 5.32 Å². The molecule has 0 aliphatic carbocycles. The van der Waals surface area contributed by atoms with E-state index in [0.717, 1.165) is 15.7 Å². The Morgan fingerprint density at radius 2 is 2.40 bits per heavy atom. The minimum Gasteiger partial charge on any atom is -0.479 e. The molecule has 0 radical (unpaired) electrons. The Labute approximate surface area is 96.6 Å². The minimum absolute atomic E-state index is 0.549. The van der Waals surface area contributed by atoms with Gasteiger partial charge in [0.25, 0.3) is 0 Å². The van der Waals surface area contributed by atoms with E-state index >= 15 is 0 Å². The molecule has 0 saturated heterocycles. The SMILES string of the molecule is CCC1(C(=O)O)Cc2cc(Br)ccc2N1. The van der Waals surface area contributed by atoms with Crippen molar-refractivity contribution in [2.75, 3.05) is 5.32 Å². The number of aliphatic carboxylic acids is 1. The molecule has 0 spiro atoms. The van der Waals surface area contributed by atoms with E-state index in [9.17, 15) is 9.90 Å². The molecule has 1 aliphatic heterocycles. The quantitative estimate of drug-likeness (QED) is 0.868. The van der Waals surface area contributed by atoms with Crippen molar-refractivity contribution in [3.8, 4) is 0 Å². The van der Waals surface area contributed by atoms with Gasteiger partial charge in [-0.1, -0.05) is 22.9 Å². The van der Waals surface area contributed by atoms with E-state index in [4.69, 9.17) is 0 Å². The van der Waals surface area contributed by atoms with E-state index in [2.05, 4.69) is 21.2 Å². The lowest BCUT2D eigenvalue weighted by atomic mass is 9.92. The van der Waals surface area contributed by atoms with Crippen LogP contribution in [0, 0.1) is 0 Å². The van der Waals surface area contributed by atoms with E-state index in [-0.39, 0.29) is 0 Å². The normalized spacial score (nSPS) is 23.3. The molecule has 1 unspecified atom stereocenters. The third-order valence-corrected chi connectivity index (χ3v) is 3.44. The highest BCUT2D eigenvalue weighted by Crippen LogP contribution is 2.36. The second-order valence-electron chi connectivity index (χ2n) is 3.84. The van der Waals surface area contributed by atoms with E-state index < -0.39 is 11.5 Å². The number of hydrogen-bond acceptors (Lipinski definition) is 2. The van der Waals surface area contributed by atoms with Crippen LogP contribution in [0.2, 0.25) is 0 Å². The minimum atomic E-state index is -0.816. The van der Waals surface area contributed by atoms with Crippen molar-refractivity contribution in [1.82, 2.24) is 0 Å². The molecule has 0 aromatic heterocycles. The standard InChI is InChI=1S/C11H12BrNO2/c1-2-11(10(14)15)6-7-5-8(12)3-4-9(7)13-11/h3-5,13H,2,6H2,1H3,(H,14,15). The first-order chi connectivity index (χ1) is 7.07. The fraction of sp³-hybridized carbons (Fsp3) is 0.364. The molecule has 1 aromatic rings. The third-order valence-electron chi connectivity index (χ3n) is 2.95. The maximum absolute atomic E-state index is 11.2. The number of hydrogen-bond donors (Lipinski definition) is 2. The lowest BCUT2D eigenvalue weighted by Gasteiger charge is -2.23. The zero-order chi connectivity index (χ0) is 11.1. The lowest BCUT2D eigenvalue weighted by Crippen LogP contribution is -2.44. The van der Waals surface area contributed by atoms with Crippen molar-refractivity contribution in [3.05, 3.63) is 28.2 Å². The number of nitrogens with one attached hydrogen (secondary N) is 1. The Morgan fingerprint density at radius 3 is 3.00 bits per heavy atom. The van der Waals surface area contributed by atoms with Crippen LogP contribution >= 0.6 is 15.9 Å². The monoisotopic (exact) mass is 269 g/mol. The van der Waals surface area contributed by atoms with Gasteiger partial charge >= 0.3 is 5.97 Å². The summed E-state index contributed by atoms with van der Waals surface area (Å²) in [5.41, 5.74) is 1.18. The molecule has 3 nitrogen and oxygen atoms in total. The fourth-order valence-electron chi connectivity index (χ4n) is 1.95. The summed E-state index contributed by atoms with van der Waals surface area (Å²) in [6, 6.07) is 5.81. The van der Waals surface area contributed by atoms with Gasteiger partial charge in [0.05, 0.1) is 0 Å². The van der Waals surface area contributed by atoms with Gasteiger partial charge in [-0.25, -0.2) is 4.79 Å². The van der Waals surface area contributed by atoms with Crippen LogP contribution in [0.15, 0.2) is 22.7 Å². The Bertz CT molecular complexity index is 419. The first kappa shape index (κ1) is 10.5. The average Bonchev–Trinajstić information content (AvgIpc) is 2.56. The molecule has 0 amide bonds. The number of carbonyl (C=O) groups is 1. The summed E-state index contributed by atoms with van der Waals surface area (Å²) in [5, 5.41) is 12.3. The number of fused-ring (bicyclic) bond motifs is 1. The van der Waals surface area contributed by atoms with Crippen LogP contribution in [-0.4, -0.2) is 16.6 Å². The lowest BCUT2D eigenvalue weighted by molar-refractivity contribution is -0.142. The zero-order valence-corrected chi connectivity index (χ0v) is 9.97. The summed E-state index contributed by atoms with van der Waals surface area (Å²) in [6.07, 6.45) is 1.13. The van der Waals surface area contributed by atoms with Crippen LogP contribution in [0.1, 0.15) is 18.9 Å². The number of carboxylic acids is 1. The summed E-state index contributed by atoms with van der Waals surface area (Å²) < 4.78 is 0.986. The van der Waals surface area contributed by atoms with Gasteiger partial charge in [0.2, 0.25) is 0 Å². The van der Waals surface area contributed by atoms with Crippen LogP contribution in [0.25, 0.3) is 0 Å². The van der Waals surface area contributed by atoms with Crippen LogP contribution in [0.4, 0.5) is 5.69 Å². The molecule has 1 aromatic carbocycles. The predicted molar refractivity (Wildman–Crippen MR) is 62.1 cm³/mol. The average molecular weight is 270 g/mol. The van der Waals surface area contributed by atoms with E-state index in [0.29, 0.717) is 12.8 Å². The molecule has 80 valence electrons. The highest BCUT2D eigenvalue weighted by atomic mass is 79.9. The highest BCUT2D eigenvalue weighted by molar-refractivity contribution is 9.10. The van der Waals surface area contributed by atoms with Crippen LogP contribution in [-0.2, 0) is 11.2 Å². The van der Waals surface area contributed by atoms with Gasteiger partial charge in [-0.15, -0.1) is 0 Å². The topological polar surface area (TPSA) is 49.3 Å². The molecule has 1 atom stereocenters. The molecule has 1 aliphatic rings. The van der Waals surface area contributed by atoms with Crippen molar-refractivity contribution in [2.24, 2.45) is 0 Å². The van der Waals surface area contributed by atoms with Gasteiger partial charge < -0.3 is 10.4 Å². The Hall–Kier alpha value is -1.03. The smallest absolute Gasteiger partial charge is 0.329 e. The van der Waals surface area contributed by atoms with E-state index in [1.165, 1.54) is 0 Å². The van der Waals surface area contributed by atoms with Crippen molar-refractivity contribution >= 4 is 27.6 Å². The van der Waals surface area contributed by atoms with Crippen molar-refractivity contribution in [3.63, 3.8) is 0 Å². The number of anilines is 1. The van der Waals surface area contributed by atoms with Crippen LogP contribution in [0.3, 0.4) is 0 Å². The number of benzene rings is 1. The number of halogens is 1. The van der Waals surface area contributed by atoms with Crippen molar-refractivity contribution in [1.29, 1.82) is 0 Å². The Kier molecular flexibility index (Phi) is 2.46. The first-order valence-electron chi connectivity index (χ1n) is 4.87. The second kappa shape index (κ2) is 3.52. The van der Waals surface area contributed by atoms with Gasteiger partial charge in [-0.05, 0) is 30.2 Å². The molecule has 2 rings (SSSR count). The molecule has 15 heavy (non-hydrogen) atoms. The summed E-state index contributed by atoms with van der Waals surface area (Å²) in [7, 11) is 0. The maximum atomic E-state index is 11.2. The van der Waals surface area contributed by atoms with Gasteiger partial charge in [-0.2, -0.15) is 0 Å². The second-order valence-corrected chi connectivity index (χ2v) is 4.76. The van der Waals surface area contributed by atoms with Crippen molar-refractivity contribution in [2.45, 2.75) is 25.3 Å². The first-order valence-corrected chi connectivity index (χ1v) is 5.67. The molecular formula is C11H12BrNO2. The third kappa shape index (κ3) is 1.63. The molecule has 4 heteroatoms. The van der Waals surface area contributed by atoms with E-state index in [1.807, 2.05) is 25.1 Å². The van der Waals surface area contributed by atoms with Gasteiger partial charge in [0.1, 0.15) is 5.54 Å². The molecule has 0 fully saturated rings. The summed E-state index contributed by atoms with van der Waals surface area (Å²) in [4.78, 5) is 11.2. The molecular weight excluding hydrogens is 258 g/mol. The molecule has 1 heterocycles. The molecule has 0 bridgehead atoms. The van der Waals surface area contributed by atoms with Gasteiger partial charge in [0.15, 0.2) is 0 Å². The fourth-order valence-corrected chi connectivity index (χ4v) is 2.36. The van der Waals surface area contributed by atoms with E-state index in [1.54, 1.807) is 0 Å². The largest absolute Gasteiger partial charge is 0.479 e. The Balaban J connectivity index is 2.39. The molecule has 0 saturated carbocycles. The highest BCUT2D eigenvalue weighted by Gasteiger charge is 2.42. The van der Waals surface area contributed by atoms with Crippen LogP contribution in [0.5, 0.6) is 0 Å². The number of carboxylic acid groups (broad SMARTS) is 1. The summed E-state index contributed by atoms with van der Waals surface area (Å²) >= 11 is 3.39. The molecule has 2 N–H and O–H groups in total. The van der Waals surface area contributed by atoms with Gasteiger partial charge in [-0.3, -0.25) is 0 Å². The number of rotatable bonds is 2. The summed E-state index contributed by atoms with van der Waals surface area (Å²) in [5.74, 6) is -0.780. The Morgan fingerprint density at radius 1 is 1.67 bits per heavy atom. The van der Waals surface area contributed by atoms with Crippen molar-refractivity contribution < 1.29 is 9.90 Å². The van der Waals surface area contributed by atoms with Gasteiger partial charge in [0, 0.05) is 16.6 Å². The maximum Gasteiger partial charge on any atom is 0.329 e.